The van der Waals surface area contributed by atoms with Crippen LogP contribution in [0.3, 0.4) is 0 Å². The van der Waals surface area contributed by atoms with Gasteiger partial charge in [-0.15, -0.1) is 0 Å². The Kier molecular flexibility index (Phi) is 3.51. The third-order valence-electron chi connectivity index (χ3n) is 1.78. The van der Waals surface area contributed by atoms with Crippen molar-refractivity contribution >= 4 is 11.0 Å². The minimum atomic E-state index is -0.422. The third-order valence-corrected chi connectivity index (χ3v) is 1.78. The summed E-state index contributed by atoms with van der Waals surface area (Å²) in [6.07, 6.45) is 0.976. The molecule has 1 rings (SSSR count). The molecule has 0 aromatic rings. The number of hydrogen-bond acceptors (Lipinski definition) is 3. The van der Waals surface area contributed by atoms with E-state index in [0.717, 1.165) is 6.42 Å². The van der Waals surface area contributed by atoms with Crippen molar-refractivity contribution < 1.29 is 14.2 Å². The van der Waals surface area contributed by atoms with Crippen molar-refractivity contribution in [3.8, 4) is 0 Å². The van der Waals surface area contributed by atoms with Crippen LogP contribution in [0, 0.1) is 0 Å². The summed E-state index contributed by atoms with van der Waals surface area (Å²) in [6.45, 7) is 0. The molecule has 0 N–H and O–H groups in total. The van der Waals surface area contributed by atoms with E-state index in [4.69, 9.17) is 14.2 Å². The lowest BCUT2D eigenvalue weighted by molar-refractivity contribution is -0.154. The van der Waals surface area contributed by atoms with Gasteiger partial charge in [-0.1, -0.05) is 0 Å². The first-order valence-corrected chi connectivity index (χ1v) is 2.92. The van der Waals surface area contributed by atoms with Crippen LogP contribution in [0.5, 0.6) is 0 Å². The molecule has 1 saturated carbocycles. The molecule has 0 spiro atoms. The van der Waals surface area contributed by atoms with Gasteiger partial charge >= 0.3 is 0 Å². The van der Waals surface area contributed by atoms with Crippen LogP contribution >= 0.6 is 0 Å². The first-order chi connectivity index (χ1) is 4.29. The molecule has 1 aliphatic carbocycles. The zero-order valence-electron chi connectivity index (χ0n) is 6.01. The van der Waals surface area contributed by atoms with E-state index in [1.807, 2.05) is 0 Å². The highest BCUT2D eigenvalue weighted by Gasteiger charge is 2.57. The normalized spacial score (nSPS) is 27.3. The second kappa shape index (κ2) is 3.48. The molecule has 0 heterocycles. The second-order valence-electron chi connectivity index (χ2n) is 2.15. The van der Waals surface area contributed by atoms with E-state index in [1.165, 1.54) is 0 Å². The van der Waals surface area contributed by atoms with Gasteiger partial charge in [-0.2, -0.15) is 0 Å². The SMILES string of the molecule is COC1CC1(OC)OC.[SiH4]. The van der Waals surface area contributed by atoms with E-state index in [2.05, 4.69) is 0 Å². The molecule has 1 unspecified atom stereocenters. The molecule has 0 aromatic heterocycles. The van der Waals surface area contributed by atoms with Gasteiger partial charge in [0.15, 0.2) is 5.79 Å². The van der Waals surface area contributed by atoms with Gasteiger partial charge < -0.3 is 14.2 Å². The fourth-order valence-corrected chi connectivity index (χ4v) is 0.975. The number of rotatable bonds is 3. The Morgan fingerprint density at radius 2 is 1.70 bits per heavy atom. The summed E-state index contributed by atoms with van der Waals surface area (Å²) in [7, 11) is 4.91. The second-order valence-corrected chi connectivity index (χ2v) is 2.15. The van der Waals surface area contributed by atoms with Crippen LogP contribution in [0.15, 0.2) is 0 Å². The molecule has 3 nitrogen and oxygen atoms in total. The first kappa shape index (κ1) is 10.1. The molecule has 1 fully saturated rings. The first-order valence-electron chi connectivity index (χ1n) is 2.92. The molecular formula is C6H16O3Si. The van der Waals surface area contributed by atoms with Crippen molar-refractivity contribution in [2.75, 3.05) is 21.3 Å². The van der Waals surface area contributed by atoms with Gasteiger partial charge in [-0.3, -0.25) is 0 Å². The minimum absolute atomic E-state index is 0. The Labute approximate surface area is 65.7 Å². The monoisotopic (exact) mass is 164 g/mol. The van der Waals surface area contributed by atoms with E-state index >= 15 is 0 Å². The van der Waals surface area contributed by atoms with Gasteiger partial charge in [0.1, 0.15) is 6.10 Å². The highest BCUT2D eigenvalue weighted by molar-refractivity contribution is 5.75. The van der Waals surface area contributed by atoms with E-state index in [-0.39, 0.29) is 17.1 Å². The standard InChI is InChI=1S/C6H12O3.H4Si/c1-7-5-4-6(5,8-2)9-3;/h5H,4H2,1-3H3;1H4. The largest absolute Gasteiger partial charge is 0.376 e. The molecule has 0 radical (unpaired) electrons. The Hall–Kier alpha value is 0.0969. The van der Waals surface area contributed by atoms with Crippen LogP contribution in [0.4, 0.5) is 0 Å². The molecular weight excluding hydrogens is 148 g/mol. The van der Waals surface area contributed by atoms with E-state index in [1.54, 1.807) is 21.3 Å². The van der Waals surface area contributed by atoms with Crippen molar-refractivity contribution in [1.29, 1.82) is 0 Å². The van der Waals surface area contributed by atoms with Crippen molar-refractivity contribution in [1.82, 2.24) is 0 Å². The van der Waals surface area contributed by atoms with Crippen LogP contribution in [0.25, 0.3) is 0 Å². The topological polar surface area (TPSA) is 27.7 Å². The molecule has 62 valence electrons. The van der Waals surface area contributed by atoms with E-state index in [0.29, 0.717) is 0 Å². The van der Waals surface area contributed by atoms with Crippen LogP contribution in [-0.2, 0) is 14.2 Å². The van der Waals surface area contributed by atoms with Gasteiger partial charge in [-0.05, 0) is 11.0 Å². The lowest BCUT2D eigenvalue weighted by Gasteiger charge is -2.11. The van der Waals surface area contributed by atoms with Crippen molar-refractivity contribution in [3.63, 3.8) is 0 Å². The average Bonchev–Trinajstić information content (AvgIpc) is 2.63. The maximum Gasteiger partial charge on any atom is 0.197 e. The summed E-state index contributed by atoms with van der Waals surface area (Å²) in [4.78, 5) is 0. The molecule has 4 heteroatoms. The zero-order chi connectivity index (χ0) is 6.91. The zero-order valence-corrected chi connectivity index (χ0v) is 6.01. The summed E-state index contributed by atoms with van der Waals surface area (Å²) in [6, 6.07) is 0. The van der Waals surface area contributed by atoms with Crippen LogP contribution < -0.4 is 0 Å². The maximum absolute atomic E-state index is 5.05. The molecule has 0 saturated heterocycles. The number of methoxy groups -OCH3 is 3. The third kappa shape index (κ3) is 1.40. The smallest absolute Gasteiger partial charge is 0.197 e. The summed E-state index contributed by atoms with van der Waals surface area (Å²) in [5.74, 6) is -0.422. The van der Waals surface area contributed by atoms with Gasteiger partial charge in [0.2, 0.25) is 0 Å². The van der Waals surface area contributed by atoms with Gasteiger partial charge in [0.25, 0.3) is 0 Å². The van der Waals surface area contributed by atoms with E-state index < -0.39 is 5.79 Å². The molecule has 0 aromatic carbocycles. The number of hydrogen-bond donors (Lipinski definition) is 0. The lowest BCUT2D eigenvalue weighted by Crippen LogP contribution is -2.20. The summed E-state index contributed by atoms with van der Waals surface area (Å²) in [5, 5.41) is 0. The molecule has 0 amide bonds. The van der Waals surface area contributed by atoms with Crippen molar-refractivity contribution in [3.05, 3.63) is 0 Å². The molecule has 0 aliphatic heterocycles. The highest BCUT2D eigenvalue weighted by Crippen LogP contribution is 2.41. The summed E-state index contributed by atoms with van der Waals surface area (Å²) < 4.78 is 15.1. The van der Waals surface area contributed by atoms with Crippen LogP contribution in [0.2, 0.25) is 0 Å². The maximum atomic E-state index is 5.05. The van der Waals surface area contributed by atoms with Gasteiger partial charge in [-0.25, -0.2) is 0 Å². The Balaban J connectivity index is 0.000000810. The molecule has 10 heavy (non-hydrogen) atoms. The van der Waals surface area contributed by atoms with Gasteiger partial charge in [0.05, 0.1) is 0 Å². The average molecular weight is 164 g/mol. The fraction of sp³-hybridized carbons (Fsp3) is 1.00. The van der Waals surface area contributed by atoms with Crippen molar-refractivity contribution in [2.24, 2.45) is 0 Å². The van der Waals surface area contributed by atoms with Crippen molar-refractivity contribution in [2.45, 2.75) is 18.3 Å². The molecule has 0 bridgehead atoms. The summed E-state index contributed by atoms with van der Waals surface area (Å²) in [5.41, 5.74) is 0. The highest BCUT2D eigenvalue weighted by atomic mass is 28.1. The van der Waals surface area contributed by atoms with Crippen LogP contribution in [0.1, 0.15) is 6.42 Å². The lowest BCUT2D eigenvalue weighted by atomic mass is 10.7. The minimum Gasteiger partial charge on any atom is -0.376 e. The summed E-state index contributed by atoms with van der Waals surface area (Å²) >= 11 is 0. The molecule has 1 aliphatic rings. The predicted octanol–water partition coefficient (Wildman–Crippen LogP) is -1.06. The Bertz CT molecular complexity index is 103. The molecule has 1 atom stereocenters. The number of ether oxygens (including phenoxy) is 3. The van der Waals surface area contributed by atoms with E-state index in [9.17, 15) is 0 Å². The van der Waals surface area contributed by atoms with Crippen LogP contribution in [-0.4, -0.2) is 44.2 Å². The fourth-order valence-electron chi connectivity index (χ4n) is 0.975. The Morgan fingerprint density at radius 3 is 1.80 bits per heavy atom. The Morgan fingerprint density at radius 1 is 1.20 bits per heavy atom. The predicted molar refractivity (Wildman–Crippen MR) is 43.5 cm³/mol. The quantitative estimate of drug-likeness (QED) is 0.393. The van der Waals surface area contributed by atoms with Gasteiger partial charge in [0, 0.05) is 27.8 Å².